The molecule has 27 heavy (non-hydrogen) atoms. The number of carbonyl (C=O) groups excluding carboxylic acids is 1. The van der Waals surface area contributed by atoms with Gasteiger partial charge in [-0.3, -0.25) is 4.79 Å². The summed E-state index contributed by atoms with van der Waals surface area (Å²) in [5, 5.41) is 0. The Morgan fingerprint density at radius 1 is 1.04 bits per heavy atom. The molecule has 5 nitrogen and oxygen atoms in total. The van der Waals surface area contributed by atoms with Gasteiger partial charge in [0.25, 0.3) is 0 Å². The third kappa shape index (κ3) is 4.69. The fourth-order valence-electron chi connectivity index (χ4n) is 2.84. The maximum Gasteiger partial charge on any atom is 0.246 e. The van der Waals surface area contributed by atoms with Crippen LogP contribution < -0.4 is 0 Å². The van der Waals surface area contributed by atoms with Gasteiger partial charge in [-0.15, -0.1) is 11.8 Å². The molecule has 8 heteroatoms. The number of aryl methyl sites for hydroxylation is 1. The Morgan fingerprint density at radius 3 is 2.30 bits per heavy atom. The summed E-state index contributed by atoms with van der Waals surface area (Å²) in [4.78, 5) is 14.8. The second kappa shape index (κ2) is 8.41. The molecule has 0 unspecified atom stereocenters. The van der Waals surface area contributed by atoms with Crippen molar-refractivity contribution >= 4 is 27.7 Å². The van der Waals surface area contributed by atoms with Crippen LogP contribution in [0.2, 0.25) is 0 Å². The number of carbonyl (C=O) groups is 1. The molecule has 2 aromatic carbocycles. The first-order chi connectivity index (χ1) is 12.9. The van der Waals surface area contributed by atoms with Gasteiger partial charge in [0.1, 0.15) is 10.7 Å². The average molecular weight is 409 g/mol. The van der Waals surface area contributed by atoms with Crippen molar-refractivity contribution < 1.29 is 17.6 Å². The largest absolute Gasteiger partial charge is 0.339 e. The molecule has 2 aromatic rings. The van der Waals surface area contributed by atoms with E-state index < -0.39 is 15.8 Å². The maximum atomic E-state index is 13.9. The molecule has 3 rings (SSSR count). The van der Waals surface area contributed by atoms with Gasteiger partial charge in [0.05, 0.1) is 5.75 Å². The minimum Gasteiger partial charge on any atom is -0.339 e. The number of halogens is 1. The number of benzene rings is 2. The number of hydrogen-bond acceptors (Lipinski definition) is 4. The minimum atomic E-state index is -3.89. The maximum absolute atomic E-state index is 13.9. The van der Waals surface area contributed by atoms with Crippen LogP contribution in [0.25, 0.3) is 0 Å². The zero-order chi connectivity index (χ0) is 19.4. The molecule has 0 spiro atoms. The molecule has 0 bridgehead atoms. The van der Waals surface area contributed by atoms with Crippen LogP contribution in [0.15, 0.2) is 58.3 Å². The lowest BCUT2D eigenvalue weighted by Crippen LogP contribution is -2.51. The average Bonchev–Trinajstić information content (AvgIpc) is 2.67. The van der Waals surface area contributed by atoms with E-state index in [9.17, 15) is 17.6 Å². The van der Waals surface area contributed by atoms with Gasteiger partial charge in [-0.25, -0.2) is 12.8 Å². The topological polar surface area (TPSA) is 57.7 Å². The summed E-state index contributed by atoms with van der Waals surface area (Å²) >= 11 is 1.46. The van der Waals surface area contributed by atoms with E-state index in [0.717, 1.165) is 16.5 Å². The van der Waals surface area contributed by atoms with Gasteiger partial charge >= 0.3 is 0 Å². The van der Waals surface area contributed by atoms with Crippen molar-refractivity contribution in [1.29, 1.82) is 0 Å². The number of piperazine rings is 1. The Morgan fingerprint density at radius 2 is 1.67 bits per heavy atom. The van der Waals surface area contributed by atoms with Gasteiger partial charge in [0, 0.05) is 31.1 Å². The highest BCUT2D eigenvalue weighted by Gasteiger charge is 2.31. The summed E-state index contributed by atoms with van der Waals surface area (Å²) in [7, 11) is -3.89. The molecule has 0 atom stereocenters. The van der Waals surface area contributed by atoms with Crippen LogP contribution in [0.1, 0.15) is 5.56 Å². The smallest absolute Gasteiger partial charge is 0.246 e. The zero-order valence-electron chi connectivity index (χ0n) is 15.0. The molecular formula is C19H21FN2O3S2. The first kappa shape index (κ1) is 19.9. The van der Waals surface area contributed by atoms with Crippen LogP contribution in [0.5, 0.6) is 0 Å². The molecule has 1 aliphatic heterocycles. The van der Waals surface area contributed by atoms with Gasteiger partial charge in [-0.05, 0) is 31.2 Å². The van der Waals surface area contributed by atoms with Gasteiger partial charge < -0.3 is 4.90 Å². The van der Waals surface area contributed by atoms with Crippen LogP contribution in [-0.2, 0) is 14.8 Å². The fourth-order valence-corrected chi connectivity index (χ4v) is 5.13. The molecule has 1 heterocycles. The van der Waals surface area contributed by atoms with E-state index in [0.29, 0.717) is 18.8 Å². The highest BCUT2D eigenvalue weighted by molar-refractivity contribution is 8.00. The summed E-state index contributed by atoms with van der Waals surface area (Å²) in [5.41, 5.74) is 1.16. The molecule has 0 saturated carbocycles. The molecule has 144 valence electrons. The first-order valence-corrected chi connectivity index (χ1v) is 11.0. The highest BCUT2D eigenvalue weighted by atomic mass is 32.2. The normalized spacial score (nSPS) is 15.7. The van der Waals surface area contributed by atoms with Gasteiger partial charge in [-0.2, -0.15) is 4.31 Å². The Hall–Kier alpha value is -1.90. The predicted molar refractivity (Wildman–Crippen MR) is 104 cm³/mol. The quantitative estimate of drug-likeness (QED) is 0.714. The number of thioether (sulfide) groups is 1. The van der Waals surface area contributed by atoms with Crippen LogP contribution in [0, 0.1) is 12.7 Å². The van der Waals surface area contributed by atoms with Crippen LogP contribution >= 0.6 is 11.8 Å². The summed E-state index contributed by atoms with van der Waals surface area (Å²) in [6.45, 7) is 2.95. The summed E-state index contributed by atoms with van der Waals surface area (Å²) in [5.74, 6) is -0.475. The van der Waals surface area contributed by atoms with Crippen molar-refractivity contribution in [2.75, 3.05) is 31.9 Å². The third-order valence-corrected chi connectivity index (χ3v) is 7.36. The van der Waals surface area contributed by atoms with Crippen LogP contribution in [-0.4, -0.2) is 55.5 Å². The van der Waals surface area contributed by atoms with Gasteiger partial charge in [0.15, 0.2) is 0 Å². The Bertz CT molecular complexity index is 909. The molecule has 1 fully saturated rings. The van der Waals surface area contributed by atoms with Crippen molar-refractivity contribution in [3.63, 3.8) is 0 Å². The molecule has 0 aromatic heterocycles. The standard InChI is InChI=1S/C19H21FN2O3S2/c1-15-6-8-16(9-7-15)26-14-19(23)21-10-12-22(13-11-21)27(24,25)18-5-3-2-4-17(18)20/h2-9H,10-14H2,1H3. The molecule has 0 N–H and O–H groups in total. The van der Waals surface area contributed by atoms with Crippen molar-refractivity contribution in [2.24, 2.45) is 0 Å². The van der Waals surface area contributed by atoms with E-state index in [2.05, 4.69) is 0 Å². The summed E-state index contributed by atoms with van der Waals surface area (Å²) < 4.78 is 40.3. The van der Waals surface area contributed by atoms with Gasteiger partial charge in [0.2, 0.25) is 15.9 Å². The number of rotatable bonds is 5. The zero-order valence-corrected chi connectivity index (χ0v) is 16.6. The number of nitrogens with zero attached hydrogens (tertiary/aromatic N) is 2. The van der Waals surface area contributed by atoms with Gasteiger partial charge in [-0.1, -0.05) is 29.8 Å². The van der Waals surface area contributed by atoms with Crippen molar-refractivity contribution in [2.45, 2.75) is 16.7 Å². The highest BCUT2D eigenvalue weighted by Crippen LogP contribution is 2.22. The molecular weight excluding hydrogens is 387 g/mol. The van der Waals surface area contributed by atoms with E-state index in [-0.39, 0.29) is 23.9 Å². The van der Waals surface area contributed by atoms with Crippen LogP contribution in [0.3, 0.4) is 0 Å². The van der Waals surface area contributed by atoms with Crippen LogP contribution in [0.4, 0.5) is 4.39 Å². The molecule has 0 radical (unpaired) electrons. The Balaban J connectivity index is 1.56. The summed E-state index contributed by atoms with van der Waals surface area (Å²) in [6, 6.07) is 13.3. The number of amides is 1. The van der Waals surface area contributed by atoms with Crippen molar-refractivity contribution in [3.05, 3.63) is 59.9 Å². The first-order valence-electron chi connectivity index (χ1n) is 8.60. The van der Waals surface area contributed by atoms with Crippen molar-refractivity contribution in [1.82, 2.24) is 9.21 Å². The Labute approximate surface area is 163 Å². The van der Waals surface area contributed by atoms with E-state index in [4.69, 9.17) is 0 Å². The second-order valence-electron chi connectivity index (χ2n) is 6.32. The lowest BCUT2D eigenvalue weighted by Gasteiger charge is -2.34. The lowest BCUT2D eigenvalue weighted by atomic mass is 10.2. The van der Waals surface area contributed by atoms with Crippen molar-refractivity contribution in [3.8, 4) is 0 Å². The van der Waals surface area contributed by atoms with E-state index in [1.807, 2.05) is 31.2 Å². The van der Waals surface area contributed by atoms with E-state index in [1.54, 1.807) is 4.90 Å². The second-order valence-corrected chi connectivity index (χ2v) is 9.27. The predicted octanol–water partition coefficient (Wildman–Crippen LogP) is 2.76. The molecule has 1 aliphatic rings. The fraction of sp³-hybridized carbons (Fsp3) is 0.316. The Kier molecular flexibility index (Phi) is 6.18. The van der Waals surface area contributed by atoms with E-state index in [1.165, 1.54) is 34.3 Å². The molecule has 0 aliphatic carbocycles. The third-order valence-electron chi connectivity index (χ3n) is 4.43. The number of sulfonamides is 1. The monoisotopic (exact) mass is 408 g/mol. The summed E-state index contributed by atoms with van der Waals surface area (Å²) in [6.07, 6.45) is 0. The van der Waals surface area contributed by atoms with E-state index >= 15 is 0 Å². The minimum absolute atomic E-state index is 0.0245. The molecule has 1 amide bonds. The number of hydrogen-bond donors (Lipinski definition) is 0. The SMILES string of the molecule is Cc1ccc(SCC(=O)N2CCN(S(=O)(=O)c3ccccc3F)CC2)cc1. The molecule has 1 saturated heterocycles. The lowest BCUT2D eigenvalue weighted by molar-refractivity contribution is -0.129.